The van der Waals surface area contributed by atoms with Crippen LogP contribution in [-0.4, -0.2) is 11.5 Å². The normalized spacial score (nSPS) is 10.9. The quantitative estimate of drug-likeness (QED) is 0.698. The third kappa shape index (κ3) is 3.80. The van der Waals surface area contributed by atoms with Crippen LogP contribution in [0.15, 0.2) is 52.5 Å². The van der Waals surface area contributed by atoms with Crippen molar-refractivity contribution in [3.63, 3.8) is 0 Å². The fraction of sp³-hybridized carbons (Fsp3) is 0.235. The second-order valence-corrected chi connectivity index (χ2v) is 5.96. The molecule has 2 aromatic heterocycles. The summed E-state index contributed by atoms with van der Waals surface area (Å²) in [5.74, 6) is 0.838. The van der Waals surface area contributed by atoms with Crippen molar-refractivity contribution in [3.8, 4) is 11.5 Å². The highest BCUT2D eigenvalue weighted by molar-refractivity contribution is 7.09. The van der Waals surface area contributed by atoms with Crippen molar-refractivity contribution >= 4 is 11.3 Å². The Labute approximate surface area is 128 Å². The average Bonchev–Trinajstić information content (AvgIpc) is 3.16. The molecule has 3 nitrogen and oxygen atoms in total. The Balaban J connectivity index is 1.46. The first-order valence-corrected chi connectivity index (χ1v) is 7.94. The molecular formula is C17H18N2OS. The minimum Gasteiger partial charge on any atom is -0.463 e. The molecule has 1 aromatic carbocycles. The molecule has 3 rings (SSSR count). The van der Waals surface area contributed by atoms with Crippen LogP contribution >= 0.6 is 11.3 Å². The molecule has 0 aliphatic rings. The van der Waals surface area contributed by atoms with Gasteiger partial charge in [0, 0.05) is 24.9 Å². The van der Waals surface area contributed by atoms with Crippen LogP contribution in [0.2, 0.25) is 0 Å². The molecule has 2 heterocycles. The van der Waals surface area contributed by atoms with E-state index in [-0.39, 0.29) is 0 Å². The molecule has 0 aliphatic heterocycles. The fourth-order valence-corrected chi connectivity index (χ4v) is 2.88. The predicted octanol–water partition coefficient (Wildman–Crippen LogP) is 4.04. The summed E-state index contributed by atoms with van der Waals surface area (Å²) in [5.41, 5.74) is 3.54. The lowest BCUT2D eigenvalue weighted by molar-refractivity contribution is 0.580. The Kier molecular flexibility index (Phi) is 4.48. The van der Waals surface area contributed by atoms with Gasteiger partial charge >= 0.3 is 0 Å². The third-order valence-electron chi connectivity index (χ3n) is 3.29. The van der Waals surface area contributed by atoms with Crippen molar-refractivity contribution < 1.29 is 4.42 Å². The standard InChI is InChI=1S/C17H18N2OS/c1-13-4-6-14(7-5-13)11-18-9-8-17-19-15(12-21-17)16-3-2-10-20-16/h2-7,10,12,18H,8-9,11H2,1H3. The summed E-state index contributed by atoms with van der Waals surface area (Å²) in [6.07, 6.45) is 2.62. The molecule has 21 heavy (non-hydrogen) atoms. The van der Waals surface area contributed by atoms with E-state index < -0.39 is 0 Å². The topological polar surface area (TPSA) is 38.1 Å². The molecule has 0 aliphatic carbocycles. The number of thiazole rings is 1. The minimum atomic E-state index is 0.838. The molecule has 0 saturated carbocycles. The lowest BCUT2D eigenvalue weighted by Gasteiger charge is -2.04. The number of nitrogens with zero attached hydrogens (tertiary/aromatic N) is 1. The molecule has 4 heteroatoms. The van der Waals surface area contributed by atoms with Crippen LogP contribution in [-0.2, 0) is 13.0 Å². The highest BCUT2D eigenvalue weighted by atomic mass is 32.1. The first kappa shape index (κ1) is 14.0. The van der Waals surface area contributed by atoms with Crippen molar-refractivity contribution in [1.82, 2.24) is 10.3 Å². The summed E-state index contributed by atoms with van der Waals surface area (Å²) >= 11 is 1.68. The molecule has 0 fully saturated rings. The molecule has 0 saturated heterocycles. The van der Waals surface area contributed by atoms with Crippen LogP contribution in [0.3, 0.4) is 0 Å². The number of nitrogens with one attached hydrogen (secondary N) is 1. The van der Waals surface area contributed by atoms with Crippen LogP contribution in [0.25, 0.3) is 11.5 Å². The zero-order valence-electron chi connectivity index (χ0n) is 12.0. The first-order chi connectivity index (χ1) is 10.3. The number of hydrogen-bond donors (Lipinski definition) is 1. The van der Waals surface area contributed by atoms with E-state index in [2.05, 4.69) is 41.5 Å². The zero-order valence-corrected chi connectivity index (χ0v) is 12.8. The molecule has 3 aromatic rings. The van der Waals surface area contributed by atoms with E-state index in [1.807, 2.05) is 17.5 Å². The van der Waals surface area contributed by atoms with E-state index >= 15 is 0 Å². The van der Waals surface area contributed by atoms with Gasteiger partial charge in [-0.25, -0.2) is 4.98 Å². The summed E-state index contributed by atoms with van der Waals surface area (Å²) < 4.78 is 5.35. The number of hydrogen-bond acceptors (Lipinski definition) is 4. The van der Waals surface area contributed by atoms with Crippen LogP contribution in [0.5, 0.6) is 0 Å². The van der Waals surface area contributed by atoms with Crippen molar-refractivity contribution in [1.29, 1.82) is 0 Å². The molecule has 0 amide bonds. The number of benzene rings is 1. The van der Waals surface area contributed by atoms with Crippen molar-refractivity contribution in [2.24, 2.45) is 0 Å². The fourth-order valence-electron chi connectivity index (χ4n) is 2.10. The van der Waals surface area contributed by atoms with E-state index in [0.717, 1.165) is 36.0 Å². The van der Waals surface area contributed by atoms with Crippen molar-refractivity contribution in [2.45, 2.75) is 19.9 Å². The van der Waals surface area contributed by atoms with Gasteiger partial charge in [0.05, 0.1) is 11.3 Å². The molecular weight excluding hydrogens is 280 g/mol. The van der Waals surface area contributed by atoms with E-state index in [4.69, 9.17) is 4.42 Å². The lowest BCUT2D eigenvalue weighted by Crippen LogP contribution is -2.16. The second kappa shape index (κ2) is 6.70. The van der Waals surface area contributed by atoms with Crippen molar-refractivity contribution in [3.05, 3.63) is 64.2 Å². The van der Waals surface area contributed by atoms with Gasteiger partial charge in [-0.15, -0.1) is 11.3 Å². The largest absolute Gasteiger partial charge is 0.463 e. The van der Waals surface area contributed by atoms with Gasteiger partial charge in [-0.2, -0.15) is 0 Å². The smallest absolute Gasteiger partial charge is 0.153 e. The Hall–Kier alpha value is -1.91. The molecule has 1 N–H and O–H groups in total. The van der Waals surface area contributed by atoms with Gasteiger partial charge in [-0.3, -0.25) is 0 Å². The monoisotopic (exact) mass is 298 g/mol. The summed E-state index contributed by atoms with van der Waals surface area (Å²) in [6, 6.07) is 12.5. The minimum absolute atomic E-state index is 0.838. The van der Waals surface area contributed by atoms with Gasteiger partial charge in [0.1, 0.15) is 5.69 Å². The molecule has 0 atom stereocenters. The maximum Gasteiger partial charge on any atom is 0.153 e. The van der Waals surface area contributed by atoms with Gasteiger partial charge in [-0.1, -0.05) is 29.8 Å². The van der Waals surface area contributed by atoms with Crippen LogP contribution in [0, 0.1) is 6.92 Å². The van der Waals surface area contributed by atoms with E-state index in [1.54, 1.807) is 17.6 Å². The van der Waals surface area contributed by atoms with Crippen LogP contribution < -0.4 is 5.32 Å². The molecule has 0 radical (unpaired) electrons. The Bertz CT molecular complexity index is 671. The molecule has 0 unspecified atom stereocenters. The van der Waals surface area contributed by atoms with E-state index in [9.17, 15) is 0 Å². The molecule has 108 valence electrons. The maximum absolute atomic E-state index is 5.35. The van der Waals surface area contributed by atoms with Crippen molar-refractivity contribution in [2.75, 3.05) is 6.54 Å². The summed E-state index contributed by atoms with van der Waals surface area (Å²) in [4.78, 5) is 4.59. The molecule has 0 spiro atoms. The highest BCUT2D eigenvalue weighted by Gasteiger charge is 2.06. The Morgan fingerprint density at radius 1 is 1.19 bits per heavy atom. The second-order valence-electron chi connectivity index (χ2n) is 5.02. The van der Waals surface area contributed by atoms with Gasteiger partial charge in [0.2, 0.25) is 0 Å². The van der Waals surface area contributed by atoms with E-state index in [0.29, 0.717) is 0 Å². The Morgan fingerprint density at radius 3 is 2.81 bits per heavy atom. The van der Waals surface area contributed by atoms with Gasteiger partial charge in [0.25, 0.3) is 0 Å². The van der Waals surface area contributed by atoms with Gasteiger partial charge in [0.15, 0.2) is 5.76 Å². The zero-order chi connectivity index (χ0) is 14.5. The highest BCUT2D eigenvalue weighted by Crippen LogP contribution is 2.22. The van der Waals surface area contributed by atoms with Crippen LogP contribution in [0.4, 0.5) is 0 Å². The van der Waals surface area contributed by atoms with E-state index in [1.165, 1.54) is 11.1 Å². The number of furan rings is 1. The number of aromatic nitrogens is 1. The first-order valence-electron chi connectivity index (χ1n) is 7.06. The molecule has 0 bridgehead atoms. The predicted molar refractivity (Wildman–Crippen MR) is 86.4 cm³/mol. The number of rotatable bonds is 6. The maximum atomic E-state index is 5.35. The van der Waals surface area contributed by atoms with Gasteiger partial charge < -0.3 is 9.73 Å². The van der Waals surface area contributed by atoms with Gasteiger partial charge in [-0.05, 0) is 24.6 Å². The Morgan fingerprint density at radius 2 is 2.05 bits per heavy atom. The average molecular weight is 298 g/mol. The van der Waals surface area contributed by atoms with Crippen LogP contribution in [0.1, 0.15) is 16.1 Å². The lowest BCUT2D eigenvalue weighted by atomic mass is 10.1. The summed E-state index contributed by atoms with van der Waals surface area (Å²) in [7, 11) is 0. The summed E-state index contributed by atoms with van der Waals surface area (Å²) in [6.45, 7) is 3.94. The number of aryl methyl sites for hydroxylation is 1. The SMILES string of the molecule is Cc1ccc(CNCCc2nc(-c3ccco3)cs2)cc1. The third-order valence-corrected chi connectivity index (χ3v) is 4.20. The summed E-state index contributed by atoms with van der Waals surface area (Å²) in [5, 5.41) is 6.64.